The number of carbonyl (C=O) groups excluding carboxylic acids is 1. The molecule has 1 aromatic heterocycles. The lowest BCUT2D eigenvalue weighted by molar-refractivity contribution is -0.116. The molecule has 0 fully saturated rings. The van der Waals surface area contributed by atoms with Gasteiger partial charge in [0, 0.05) is 24.2 Å². The first-order chi connectivity index (χ1) is 9.05. The third-order valence-corrected chi connectivity index (χ3v) is 3.69. The molecule has 0 unspecified atom stereocenters. The Morgan fingerprint density at radius 3 is 2.79 bits per heavy atom. The highest BCUT2D eigenvalue weighted by atomic mass is 16.1. The summed E-state index contributed by atoms with van der Waals surface area (Å²) in [6, 6.07) is 8.22. The zero-order chi connectivity index (χ0) is 13.5. The van der Waals surface area contributed by atoms with Crippen LogP contribution in [0.3, 0.4) is 0 Å². The van der Waals surface area contributed by atoms with E-state index in [1.807, 2.05) is 24.4 Å². The van der Waals surface area contributed by atoms with E-state index < -0.39 is 0 Å². The van der Waals surface area contributed by atoms with Crippen molar-refractivity contribution in [1.29, 1.82) is 0 Å². The summed E-state index contributed by atoms with van der Waals surface area (Å²) in [5, 5.41) is 2.30. The smallest absolute Gasteiger partial charge is 0.156 e. The van der Waals surface area contributed by atoms with E-state index in [0.29, 0.717) is 6.42 Å². The van der Waals surface area contributed by atoms with Gasteiger partial charge in [0.05, 0.1) is 0 Å². The van der Waals surface area contributed by atoms with Gasteiger partial charge < -0.3 is 0 Å². The van der Waals surface area contributed by atoms with Crippen molar-refractivity contribution in [3.8, 4) is 0 Å². The van der Waals surface area contributed by atoms with E-state index in [9.17, 15) is 4.79 Å². The van der Waals surface area contributed by atoms with Crippen LogP contribution in [0.2, 0.25) is 0 Å². The molecule has 0 bridgehead atoms. The van der Waals surface area contributed by atoms with Gasteiger partial charge in [0.25, 0.3) is 0 Å². The van der Waals surface area contributed by atoms with Crippen LogP contribution in [0.4, 0.5) is 0 Å². The molecule has 0 radical (unpaired) electrons. The van der Waals surface area contributed by atoms with E-state index in [2.05, 4.69) is 31.0 Å². The Bertz CT molecular complexity index is 677. The van der Waals surface area contributed by atoms with Crippen LogP contribution in [-0.2, 0) is 4.79 Å². The van der Waals surface area contributed by atoms with Gasteiger partial charge in [0.2, 0.25) is 0 Å². The molecule has 0 N–H and O–H groups in total. The van der Waals surface area contributed by atoms with Gasteiger partial charge in [-0.05, 0) is 40.5 Å². The SMILES string of the molecule is CC1(C)CC(=O)C=C(c2cccc3ccncc23)C1. The third kappa shape index (κ3) is 2.30. The number of pyridine rings is 1. The number of hydrogen-bond acceptors (Lipinski definition) is 2. The highest BCUT2D eigenvalue weighted by molar-refractivity contribution is 6.03. The van der Waals surface area contributed by atoms with E-state index in [4.69, 9.17) is 0 Å². The normalized spacial score (nSPS) is 18.4. The fraction of sp³-hybridized carbons (Fsp3) is 0.294. The molecule has 0 aliphatic heterocycles. The topological polar surface area (TPSA) is 30.0 Å². The number of rotatable bonds is 1. The Balaban J connectivity index is 2.17. The van der Waals surface area contributed by atoms with Crippen LogP contribution < -0.4 is 0 Å². The van der Waals surface area contributed by atoms with Crippen molar-refractivity contribution in [2.24, 2.45) is 5.41 Å². The van der Waals surface area contributed by atoms with Crippen LogP contribution in [0.5, 0.6) is 0 Å². The Hall–Kier alpha value is -1.96. The summed E-state index contributed by atoms with van der Waals surface area (Å²) >= 11 is 0. The minimum Gasteiger partial charge on any atom is -0.295 e. The number of hydrogen-bond donors (Lipinski definition) is 0. The van der Waals surface area contributed by atoms with Crippen molar-refractivity contribution in [2.75, 3.05) is 0 Å². The van der Waals surface area contributed by atoms with Gasteiger partial charge in [0.15, 0.2) is 5.78 Å². The Kier molecular flexibility index (Phi) is 2.74. The predicted molar refractivity (Wildman–Crippen MR) is 77.7 cm³/mol. The first-order valence-electron chi connectivity index (χ1n) is 6.62. The van der Waals surface area contributed by atoms with Crippen LogP contribution in [0.25, 0.3) is 16.3 Å². The molecule has 0 saturated heterocycles. The van der Waals surface area contributed by atoms with E-state index >= 15 is 0 Å². The van der Waals surface area contributed by atoms with Crippen molar-refractivity contribution in [3.63, 3.8) is 0 Å². The fourth-order valence-corrected chi connectivity index (χ4v) is 2.91. The maximum absolute atomic E-state index is 11.9. The molecule has 96 valence electrons. The molecule has 1 aliphatic carbocycles. The molecule has 0 atom stereocenters. The van der Waals surface area contributed by atoms with Crippen LogP contribution in [0.1, 0.15) is 32.3 Å². The highest BCUT2D eigenvalue weighted by Gasteiger charge is 2.28. The van der Waals surface area contributed by atoms with Gasteiger partial charge in [0.1, 0.15) is 0 Å². The summed E-state index contributed by atoms with van der Waals surface area (Å²) in [5.41, 5.74) is 2.33. The Morgan fingerprint density at radius 1 is 1.16 bits per heavy atom. The van der Waals surface area contributed by atoms with Gasteiger partial charge in [-0.1, -0.05) is 32.0 Å². The fourth-order valence-electron chi connectivity index (χ4n) is 2.91. The largest absolute Gasteiger partial charge is 0.295 e. The van der Waals surface area contributed by atoms with Gasteiger partial charge in [-0.3, -0.25) is 9.78 Å². The van der Waals surface area contributed by atoms with Crippen molar-refractivity contribution in [2.45, 2.75) is 26.7 Å². The molecule has 1 aliphatic rings. The van der Waals surface area contributed by atoms with Crippen molar-refractivity contribution in [3.05, 3.63) is 48.3 Å². The number of benzene rings is 1. The van der Waals surface area contributed by atoms with Crippen molar-refractivity contribution >= 4 is 22.1 Å². The number of aromatic nitrogens is 1. The zero-order valence-electron chi connectivity index (χ0n) is 11.3. The summed E-state index contributed by atoms with van der Waals surface area (Å²) in [4.78, 5) is 16.1. The van der Waals surface area contributed by atoms with Crippen LogP contribution in [0.15, 0.2) is 42.7 Å². The summed E-state index contributed by atoms with van der Waals surface area (Å²) in [5.74, 6) is 0.229. The zero-order valence-corrected chi connectivity index (χ0v) is 11.3. The van der Waals surface area contributed by atoms with E-state index in [1.54, 1.807) is 6.20 Å². The number of fused-ring (bicyclic) bond motifs is 1. The molecule has 0 saturated carbocycles. The van der Waals surface area contributed by atoms with E-state index in [-0.39, 0.29) is 11.2 Å². The second kappa shape index (κ2) is 4.30. The van der Waals surface area contributed by atoms with Gasteiger partial charge in [-0.15, -0.1) is 0 Å². The molecule has 3 rings (SSSR count). The lowest BCUT2D eigenvalue weighted by atomic mass is 9.75. The summed E-state index contributed by atoms with van der Waals surface area (Å²) in [6.07, 6.45) is 7.08. The number of ketones is 1. The second-order valence-electron chi connectivity index (χ2n) is 6.06. The Morgan fingerprint density at radius 2 is 2.00 bits per heavy atom. The van der Waals surface area contributed by atoms with Gasteiger partial charge >= 0.3 is 0 Å². The van der Waals surface area contributed by atoms with Gasteiger partial charge in [-0.25, -0.2) is 0 Å². The number of allylic oxidation sites excluding steroid dienone is 2. The van der Waals surface area contributed by atoms with E-state index in [1.165, 1.54) is 5.39 Å². The van der Waals surface area contributed by atoms with Gasteiger partial charge in [-0.2, -0.15) is 0 Å². The minimum atomic E-state index is 0.0472. The first-order valence-corrected chi connectivity index (χ1v) is 6.62. The van der Waals surface area contributed by atoms with Crippen molar-refractivity contribution < 1.29 is 4.79 Å². The third-order valence-electron chi connectivity index (χ3n) is 3.69. The van der Waals surface area contributed by atoms with Crippen LogP contribution in [-0.4, -0.2) is 10.8 Å². The summed E-state index contributed by atoms with van der Waals surface area (Å²) < 4.78 is 0. The molecule has 1 aromatic carbocycles. The van der Waals surface area contributed by atoms with E-state index in [0.717, 1.165) is 22.9 Å². The average Bonchev–Trinajstić information content (AvgIpc) is 2.35. The molecule has 1 heterocycles. The van der Waals surface area contributed by atoms with Crippen molar-refractivity contribution in [1.82, 2.24) is 4.98 Å². The molecular formula is C17H17NO. The molecule has 19 heavy (non-hydrogen) atoms. The maximum Gasteiger partial charge on any atom is 0.156 e. The number of nitrogens with zero attached hydrogens (tertiary/aromatic N) is 1. The Labute approximate surface area is 113 Å². The monoisotopic (exact) mass is 251 g/mol. The molecule has 0 amide bonds. The molecule has 0 spiro atoms. The lowest BCUT2D eigenvalue weighted by Crippen LogP contribution is -2.21. The first kappa shape index (κ1) is 12.1. The van der Waals surface area contributed by atoms with Crippen LogP contribution in [0, 0.1) is 5.41 Å². The summed E-state index contributed by atoms with van der Waals surface area (Å²) in [6.45, 7) is 4.31. The second-order valence-corrected chi connectivity index (χ2v) is 6.06. The molecule has 2 heteroatoms. The predicted octanol–water partition coefficient (Wildman–Crippen LogP) is 4.01. The highest BCUT2D eigenvalue weighted by Crippen LogP contribution is 2.39. The molecular weight excluding hydrogens is 234 g/mol. The molecule has 2 nitrogen and oxygen atoms in total. The maximum atomic E-state index is 11.9. The average molecular weight is 251 g/mol. The molecule has 2 aromatic rings. The van der Waals surface area contributed by atoms with Crippen LogP contribution >= 0.6 is 0 Å². The standard InChI is InChI=1S/C17H17NO/c1-17(2)9-13(8-14(19)10-17)15-5-3-4-12-6-7-18-11-16(12)15/h3-8,11H,9-10H2,1-2H3. The number of carbonyl (C=O) groups is 1. The quantitative estimate of drug-likeness (QED) is 0.766. The lowest BCUT2D eigenvalue weighted by Gasteiger charge is -2.29. The summed E-state index contributed by atoms with van der Waals surface area (Å²) in [7, 11) is 0. The minimum absolute atomic E-state index is 0.0472.